The predicted molar refractivity (Wildman–Crippen MR) is 89.6 cm³/mol. The molecule has 0 radical (unpaired) electrons. The Bertz CT molecular complexity index is 575. The normalized spacial score (nSPS) is 29.0. The summed E-state index contributed by atoms with van der Waals surface area (Å²) in [4.78, 5) is 15.0. The molecule has 2 saturated heterocycles. The summed E-state index contributed by atoms with van der Waals surface area (Å²) in [5.41, 5.74) is 0. The fourth-order valence-corrected chi connectivity index (χ4v) is 4.30. The zero-order chi connectivity index (χ0) is 16.5. The Hall–Kier alpha value is -1.43. The summed E-state index contributed by atoms with van der Waals surface area (Å²) in [6, 6.07) is 0.624. The van der Waals surface area contributed by atoms with Crippen LogP contribution < -0.4 is 0 Å². The van der Waals surface area contributed by atoms with Crippen molar-refractivity contribution in [2.75, 3.05) is 19.7 Å². The zero-order valence-electron chi connectivity index (χ0n) is 14.6. The first kappa shape index (κ1) is 16.1. The number of amides is 1. The molecule has 2 aliphatic heterocycles. The van der Waals surface area contributed by atoms with Gasteiger partial charge < -0.3 is 14.2 Å². The average Bonchev–Trinajstić information content (AvgIpc) is 3.38. The molecule has 0 aromatic carbocycles. The number of carbonyl (C=O) groups excluding carboxylic acids is 1. The molecule has 3 aliphatic rings. The van der Waals surface area contributed by atoms with E-state index in [2.05, 4.69) is 26.6 Å². The van der Waals surface area contributed by atoms with Crippen LogP contribution in [0, 0.1) is 5.92 Å². The molecule has 0 spiro atoms. The topological polar surface area (TPSA) is 60.2 Å². The number of hydrogen-bond donors (Lipinski definition) is 0. The number of carbonyl (C=O) groups is 1. The molecule has 3 heterocycles. The molecule has 0 bridgehead atoms. The smallest absolute Gasteiger partial charge is 0.228 e. The standard InChI is InChI=1S/C18H28N4O2/c1-2-16-15(4-3-11-24-16)18(23)21-9-7-13(8-10-21)17-20-19-12-22(17)14-5-6-14/h12-16H,2-11H2,1H3/t15-,16-/m1/s1. The maximum absolute atomic E-state index is 12.9. The van der Waals surface area contributed by atoms with Gasteiger partial charge in [-0.1, -0.05) is 6.92 Å². The van der Waals surface area contributed by atoms with Gasteiger partial charge in [0.1, 0.15) is 12.2 Å². The van der Waals surface area contributed by atoms with E-state index in [1.807, 2.05) is 6.33 Å². The lowest BCUT2D eigenvalue weighted by Gasteiger charge is -2.37. The van der Waals surface area contributed by atoms with Crippen molar-refractivity contribution in [1.82, 2.24) is 19.7 Å². The molecule has 24 heavy (non-hydrogen) atoms. The van der Waals surface area contributed by atoms with Gasteiger partial charge in [0.2, 0.25) is 5.91 Å². The van der Waals surface area contributed by atoms with E-state index in [0.29, 0.717) is 17.9 Å². The highest BCUT2D eigenvalue weighted by atomic mass is 16.5. The van der Waals surface area contributed by atoms with Crippen molar-refractivity contribution >= 4 is 5.91 Å². The number of hydrogen-bond acceptors (Lipinski definition) is 4. The van der Waals surface area contributed by atoms with Gasteiger partial charge in [-0.05, 0) is 44.9 Å². The largest absolute Gasteiger partial charge is 0.377 e. The lowest BCUT2D eigenvalue weighted by Crippen LogP contribution is -2.46. The Balaban J connectivity index is 1.37. The van der Waals surface area contributed by atoms with E-state index < -0.39 is 0 Å². The minimum atomic E-state index is 0.0652. The third-order valence-corrected chi connectivity index (χ3v) is 5.87. The summed E-state index contributed by atoms with van der Waals surface area (Å²) in [6.07, 6.45) is 9.42. The Morgan fingerprint density at radius 3 is 2.75 bits per heavy atom. The second-order valence-corrected chi connectivity index (χ2v) is 7.49. The van der Waals surface area contributed by atoms with E-state index in [1.165, 1.54) is 12.8 Å². The molecule has 2 atom stereocenters. The summed E-state index contributed by atoms with van der Waals surface area (Å²) in [5.74, 6) is 1.96. The molecule has 6 nitrogen and oxygen atoms in total. The molecule has 6 heteroatoms. The van der Waals surface area contributed by atoms with Crippen molar-refractivity contribution in [2.24, 2.45) is 5.92 Å². The van der Waals surface area contributed by atoms with E-state index in [-0.39, 0.29) is 12.0 Å². The van der Waals surface area contributed by atoms with Crippen LogP contribution in [0.5, 0.6) is 0 Å². The highest BCUT2D eigenvalue weighted by molar-refractivity contribution is 5.79. The number of rotatable bonds is 4. The van der Waals surface area contributed by atoms with Crippen LogP contribution >= 0.6 is 0 Å². The summed E-state index contributed by atoms with van der Waals surface area (Å²) in [7, 11) is 0. The van der Waals surface area contributed by atoms with Crippen molar-refractivity contribution in [3.63, 3.8) is 0 Å². The van der Waals surface area contributed by atoms with Crippen LogP contribution in [-0.2, 0) is 9.53 Å². The second kappa shape index (κ2) is 6.82. The Kier molecular flexibility index (Phi) is 4.57. The molecule has 0 N–H and O–H groups in total. The van der Waals surface area contributed by atoms with Gasteiger partial charge in [0.05, 0.1) is 12.0 Å². The number of aromatic nitrogens is 3. The quantitative estimate of drug-likeness (QED) is 0.850. The van der Waals surface area contributed by atoms with E-state index in [1.54, 1.807) is 0 Å². The SMILES string of the molecule is CC[C@H]1OCCC[C@H]1C(=O)N1CCC(c2nncn2C2CC2)CC1. The third kappa shape index (κ3) is 3.08. The van der Waals surface area contributed by atoms with Crippen molar-refractivity contribution in [2.45, 2.75) is 69.9 Å². The molecule has 1 aromatic heterocycles. The van der Waals surface area contributed by atoms with Gasteiger partial charge in [-0.15, -0.1) is 10.2 Å². The zero-order valence-corrected chi connectivity index (χ0v) is 14.6. The number of likely N-dealkylation sites (tertiary alicyclic amines) is 1. The molecular formula is C18H28N4O2. The lowest BCUT2D eigenvalue weighted by molar-refractivity contribution is -0.146. The molecule has 1 aromatic rings. The van der Waals surface area contributed by atoms with Gasteiger partial charge in [-0.3, -0.25) is 4.79 Å². The molecule has 3 fully saturated rings. The predicted octanol–water partition coefficient (Wildman–Crippen LogP) is 2.52. The maximum Gasteiger partial charge on any atom is 0.228 e. The Morgan fingerprint density at radius 1 is 1.25 bits per heavy atom. The summed E-state index contributed by atoms with van der Waals surface area (Å²) in [5, 5.41) is 8.50. The van der Waals surface area contributed by atoms with Gasteiger partial charge >= 0.3 is 0 Å². The van der Waals surface area contributed by atoms with Crippen molar-refractivity contribution in [1.29, 1.82) is 0 Å². The molecule has 132 valence electrons. The van der Waals surface area contributed by atoms with Crippen LogP contribution in [0.15, 0.2) is 6.33 Å². The first-order chi connectivity index (χ1) is 11.8. The fourth-order valence-electron chi connectivity index (χ4n) is 4.30. The van der Waals surface area contributed by atoms with E-state index >= 15 is 0 Å². The van der Waals surface area contributed by atoms with Gasteiger partial charge in [0, 0.05) is 31.7 Å². The molecule has 1 amide bonds. The minimum Gasteiger partial charge on any atom is -0.377 e. The van der Waals surface area contributed by atoms with E-state index in [4.69, 9.17) is 4.74 Å². The summed E-state index contributed by atoms with van der Waals surface area (Å²) >= 11 is 0. The molecule has 0 unspecified atom stereocenters. The maximum atomic E-state index is 12.9. The van der Waals surface area contributed by atoms with Gasteiger partial charge in [-0.25, -0.2) is 0 Å². The first-order valence-electron chi connectivity index (χ1n) is 9.57. The molecule has 1 saturated carbocycles. The van der Waals surface area contributed by atoms with Crippen LogP contribution in [-0.4, -0.2) is 51.4 Å². The monoisotopic (exact) mass is 332 g/mol. The highest BCUT2D eigenvalue weighted by Crippen LogP contribution is 2.38. The van der Waals surface area contributed by atoms with Crippen LogP contribution in [0.2, 0.25) is 0 Å². The van der Waals surface area contributed by atoms with Crippen molar-refractivity contribution in [3.05, 3.63) is 12.2 Å². The van der Waals surface area contributed by atoms with E-state index in [9.17, 15) is 4.79 Å². The minimum absolute atomic E-state index is 0.0652. The number of nitrogens with zero attached hydrogens (tertiary/aromatic N) is 4. The van der Waals surface area contributed by atoms with Crippen LogP contribution in [0.25, 0.3) is 0 Å². The Morgan fingerprint density at radius 2 is 2.04 bits per heavy atom. The van der Waals surface area contributed by atoms with Gasteiger partial charge in [0.15, 0.2) is 0 Å². The van der Waals surface area contributed by atoms with Crippen molar-refractivity contribution in [3.8, 4) is 0 Å². The molecule has 1 aliphatic carbocycles. The summed E-state index contributed by atoms with van der Waals surface area (Å²) < 4.78 is 8.08. The van der Waals surface area contributed by atoms with Crippen molar-refractivity contribution < 1.29 is 9.53 Å². The number of ether oxygens (including phenoxy) is 1. The van der Waals surface area contributed by atoms with Crippen LogP contribution in [0.3, 0.4) is 0 Å². The van der Waals surface area contributed by atoms with Gasteiger partial charge in [-0.2, -0.15) is 0 Å². The second-order valence-electron chi connectivity index (χ2n) is 7.49. The first-order valence-corrected chi connectivity index (χ1v) is 9.57. The average molecular weight is 332 g/mol. The molecular weight excluding hydrogens is 304 g/mol. The van der Waals surface area contributed by atoms with Crippen LogP contribution in [0.1, 0.15) is 69.7 Å². The van der Waals surface area contributed by atoms with Crippen LogP contribution in [0.4, 0.5) is 0 Å². The van der Waals surface area contributed by atoms with Gasteiger partial charge in [0.25, 0.3) is 0 Å². The third-order valence-electron chi connectivity index (χ3n) is 5.87. The molecule has 4 rings (SSSR count). The summed E-state index contributed by atoms with van der Waals surface area (Å²) in [6.45, 7) is 4.61. The fraction of sp³-hybridized carbons (Fsp3) is 0.833. The Labute approximate surface area is 143 Å². The van der Waals surface area contributed by atoms with E-state index in [0.717, 1.165) is 57.6 Å². The highest BCUT2D eigenvalue weighted by Gasteiger charge is 2.36. The lowest BCUT2D eigenvalue weighted by atomic mass is 9.89. The number of piperidine rings is 1.